The number of likely N-dealkylation sites (tertiary alicyclic amines) is 1. The molecule has 192 valence electrons. The summed E-state index contributed by atoms with van der Waals surface area (Å²) in [6.07, 6.45) is -1.19. The fraction of sp³-hybridized carbons (Fsp3) is 0.407. The van der Waals surface area contributed by atoms with Crippen molar-refractivity contribution in [2.45, 2.75) is 58.6 Å². The predicted molar refractivity (Wildman–Crippen MR) is 135 cm³/mol. The average Bonchev–Trinajstić information content (AvgIpc) is 3.17. The van der Waals surface area contributed by atoms with Crippen LogP contribution in [0.5, 0.6) is 0 Å². The molecule has 6 nitrogen and oxygen atoms in total. The second-order valence-electron chi connectivity index (χ2n) is 10.5. The molecule has 0 aliphatic carbocycles. The fourth-order valence-electron chi connectivity index (χ4n) is 5.32. The standard InChI is InChI=1S/C27H29BrF2N2O4/c1-14-7-6-8-17(15(14)2)22-21(28)23(36-31-22)20-24(26(3,4)5)32(25(33)34)12-11-27(20,35)16-9-10-18(29)19(30)13-16/h6-10,13,20,24,35H,11-12H2,1-5H3,(H,33,34)/t20-,24?,27-/m0/s1. The summed E-state index contributed by atoms with van der Waals surface area (Å²) in [7, 11) is 0. The number of rotatable bonds is 3. The zero-order valence-corrected chi connectivity index (χ0v) is 22.4. The van der Waals surface area contributed by atoms with Crippen LogP contribution in [0.3, 0.4) is 0 Å². The Balaban J connectivity index is 1.98. The second kappa shape index (κ2) is 9.27. The van der Waals surface area contributed by atoms with E-state index < -0.39 is 40.7 Å². The lowest BCUT2D eigenvalue weighted by Crippen LogP contribution is -2.60. The zero-order valence-electron chi connectivity index (χ0n) is 20.8. The minimum Gasteiger partial charge on any atom is -0.465 e. The summed E-state index contributed by atoms with van der Waals surface area (Å²) in [5.41, 5.74) is 1.11. The van der Waals surface area contributed by atoms with Gasteiger partial charge in [0.1, 0.15) is 11.3 Å². The van der Waals surface area contributed by atoms with Crippen LogP contribution in [0.1, 0.15) is 55.6 Å². The molecule has 0 saturated carbocycles. The van der Waals surface area contributed by atoms with E-state index in [1.165, 1.54) is 11.0 Å². The summed E-state index contributed by atoms with van der Waals surface area (Å²) in [6, 6.07) is 8.27. The maximum atomic E-state index is 14.3. The molecule has 1 aliphatic rings. The van der Waals surface area contributed by atoms with Crippen molar-refractivity contribution in [3.8, 4) is 11.3 Å². The first-order chi connectivity index (χ1) is 16.8. The van der Waals surface area contributed by atoms with Gasteiger partial charge in [-0.2, -0.15) is 0 Å². The zero-order chi connectivity index (χ0) is 26.6. The van der Waals surface area contributed by atoms with Crippen LogP contribution in [0.2, 0.25) is 0 Å². The summed E-state index contributed by atoms with van der Waals surface area (Å²) in [6.45, 7) is 9.55. The molecule has 0 bridgehead atoms. The first-order valence-electron chi connectivity index (χ1n) is 11.7. The topological polar surface area (TPSA) is 86.8 Å². The molecule has 0 radical (unpaired) electrons. The second-order valence-corrected chi connectivity index (χ2v) is 11.3. The van der Waals surface area contributed by atoms with Gasteiger partial charge in [0.25, 0.3) is 0 Å². The van der Waals surface area contributed by atoms with Crippen molar-refractivity contribution >= 4 is 22.0 Å². The summed E-state index contributed by atoms with van der Waals surface area (Å²) < 4.78 is 34.5. The fourth-order valence-corrected chi connectivity index (χ4v) is 5.92. The van der Waals surface area contributed by atoms with E-state index in [0.29, 0.717) is 10.2 Å². The number of carboxylic acid groups (broad SMARTS) is 1. The van der Waals surface area contributed by atoms with Gasteiger partial charge in [-0.3, -0.25) is 0 Å². The molecule has 1 saturated heterocycles. The van der Waals surface area contributed by atoms with E-state index in [4.69, 9.17) is 4.52 Å². The lowest BCUT2D eigenvalue weighted by atomic mass is 9.64. The number of benzene rings is 2. The highest BCUT2D eigenvalue weighted by molar-refractivity contribution is 9.10. The highest BCUT2D eigenvalue weighted by Crippen LogP contribution is 2.54. The SMILES string of the molecule is Cc1cccc(-c2noc([C@H]3C(C(C)(C)C)N(C(=O)O)CC[C@]3(O)c3ccc(F)c(F)c3)c2Br)c1C. The van der Waals surface area contributed by atoms with Crippen LogP contribution in [-0.2, 0) is 5.60 Å². The summed E-state index contributed by atoms with van der Waals surface area (Å²) in [5.74, 6) is -2.87. The van der Waals surface area contributed by atoms with Crippen molar-refractivity contribution in [2.75, 3.05) is 6.54 Å². The van der Waals surface area contributed by atoms with Gasteiger partial charge in [-0.25, -0.2) is 13.6 Å². The van der Waals surface area contributed by atoms with Crippen molar-refractivity contribution < 1.29 is 28.3 Å². The number of aromatic nitrogens is 1. The van der Waals surface area contributed by atoms with Crippen molar-refractivity contribution in [1.29, 1.82) is 0 Å². The Kier molecular flexibility index (Phi) is 6.77. The molecule has 1 fully saturated rings. The monoisotopic (exact) mass is 562 g/mol. The molecule has 3 atom stereocenters. The number of amides is 1. The molecule has 36 heavy (non-hydrogen) atoms. The van der Waals surface area contributed by atoms with Crippen molar-refractivity contribution in [1.82, 2.24) is 10.1 Å². The Labute approximate surface area is 217 Å². The molecular weight excluding hydrogens is 534 g/mol. The van der Waals surface area contributed by atoms with Gasteiger partial charge < -0.3 is 19.6 Å². The smallest absolute Gasteiger partial charge is 0.407 e. The maximum Gasteiger partial charge on any atom is 0.407 e. The molecule has 9 heteroatoms. The lowest BCUT2D eigenvalue weighted by molar-refractivity contribution is -0.0977. The number of hydrogen-bond acceptors (Lipinski definition) is 4. The molecule has 0 spiro atoms. The van der Waals surface area contributed by atoms with Crippen LogP contribution >= 0.6 is 15.9 Å². The van der Waals surface area contributed by atoms with E-state index in [2.05, 4.69) is 21.1 Å². The minimum absolute atomic E-state index is 0.00112. The maximum absolute atomic E-state index is 14.3. The Bertz CT molecular complexity index is 1320. The van der Waals surface area contributed by atoms with E-state index in [9.17, 15) is 23.8 Å². The van der Waals surface area contributed by atoms with Crippen LogP contribution < -0.4 is 0 Å². The molecular formula is C27H29BrF2N2O4. The molecule has 2 heterocycles. The molecule has 1 amide bonds. The molecule has 3 aromatic rings. The number of carbonyl (C=O) groups is 1. The van der Waals surface area contributed by atoms with Crippen molar-refractivity contribution in [3.63, 3.8) is 0 Å². The Morgan fingerprint density at radius 1 is 1.19 bits per heavy atom. The third-order valence-corrected chi connectivity index (χ3v) is 8.02. The highest BCUT2D eigenvalue weighted by Gasteiger charge is 2.56. The van der Waals surface area contributed by atoms with Gasteiger partial charge in [0.05, 0.1) is 16.4 Å². The predicted octanol–water partition coefficient (Wildman–Crippen LogP) is 6.77. The Morgan fingerprint density at radius 2 is 1.89 bits per heavy atom. The van der Waals surface area contributed by atoms with Crippen molar-refractivity contribution in [3.05, 3.63) is 75.0 Å². The van der Waals surface area contributed by atoms with E-state index >= 15 is 0 Å². The van der Waals surface area contributed by atoms with Gasteiger partial charge in [0.15, 0.2) is 17.4 Å². The summed E-state index contributed by atoms with van der Waals surface area (Å²) >= 11 is 3.62. The minimum atomic E-state index is -1.76. The largest absolute Gasteiger partial charge is 0.465 e. The number of piperidine rings is 1. The molecule has 2 N–H and O–H groups in total. The van der Waals surface area contributed by atoms with Gasteiger partial charge >= 0.3 is 6.09 Å². The van der Waals surface area contributed by atoms with Crippen LogP contribution in [0.4, 0.5) is 13.6 Å². The number of aryl methyl sites for hydroxylation is 1. The summed E-state index contributed by atoms with van der Waals surface area (Å²) in [5, 5.41) is 26.6. The third-order valence-electron chi connectivity index (χ3n) is 7.25. The first kappa shape index (κ1) is 26.3. The first-order valence-corrected chi connectivity index (χ1v) is 12.5. The van der Waals surface area contributed by atoms with Crippen LogP contribution in [0, 0.1) is 30.9 Å². The molecule has 1 unspecified atom stereocenters. The van der Waals surface area contributed by atoms with Crippen LogP contribution in [0.15, 0.2) is 45.4 Å². The number of hydrogen-bond donors (Lipinski definition) is 2. The third kappa shape index (κ3) is 4.32. The highest BCUT2D eigenvalue weighted by atomic mass is 79.9. The van der Waals surface area contributed by atoms with E-state index in [0.717, 1.165) is 28.8 Å². The number of nitrogens with zero attached hydrogens (tertiary/aromatic N) is 2. The van der Waals surface area contributed by atoms with E-state index in [-0.39, 0.29) is 24.3 Å². The van der Waals surface area contributed by atoms with Gasteiger partial charge in [0.2, 0.25) is 0 Å². The molecule has 1 aliphatic heterocycles. The van der Waals surface area contributed by atoms with Gasteiger partial charge in [0, 0.05) is 12.1 Å². The number of aliphatic hydroxyl groups is 1. The van der Waals surface area contributed by atoms with Gasteiger partial charge in [-0.15, -0.1) is 0 Å². The van der Waals surface area contributed by atoms with Gasteiger partial charge in [-0.05, 0) is 70.4 Å². The lowest BCUT2D eigenvalue weighted by Gasteiger charge is -2.53. The van der Waals surface area contributed by atoms with Gasteiger partial charge in [-0.1, -0.05) is 50.2 Å². The van der Waals surface area contributed by atoms with E-state index in [1.54, 1.807) is 0 Å². The normalized spacial score (nSPS) is 22.6. The summed E-state index contributed by atoms with van der Waals surface area (Å²) in [4.78, 5) is 13.6. The van der Waals surface area contributed by atoms with E-state index in [1.807, 2.05) is 52.8 Å². The van der Waals surface area contributed by atoms with Crippen LogP contribution in [-0.4, -0.2) is 38.9 Å². The molecule has 2 aromatic carbocycles. The average molecular weight is 563 g/mol. The molecule has 1 aromatic heterocycles. The quantitative estimate of drug-likeness (QED) is 0.368. The Hall–Kier alpha value is -2.78. The molecule has 4 rings (SSSR count). The Morgan fingerprint density at radius 3 is 2.50 bits per heavy atom. The van der Waals surface area contributed by atoms with Crippen molar-refractivity contribution in [2.24, 2.45) is 5.41 Å². The van der Waals surface area contributed by atoms with Crippen LogP contribution in [0.25, 0.3) is 11.3 Å². The number of halogens is 3.